The predicted molar refractivity (Wildman–Crippen MR) is 162 cm³/mol. The molecule has 0 radical (unpaired) electrons. The van der Waals surface area contributed by atoms with Gasteiger partial charge in [0, 0.05) is 19.0 Å². The summed E-state index contributed by atoms with van der Waals surface area (Å²) < 4.78 is 27.2. The van der Waals surface area contributed by atoms with E-state index in [1.807, 2.05) is 101 Å². The number of nitrogens with zero attached hydrogens (tertiary/aromatic N) is 2. The predicted octanol–water partition coefficient (Wildman–Crippen LogP) is 4.93. The average Bonchev–Trinajstić information content (AvgIpc) is 2.90. The summed E-state index contributed by atoms with van der Waals surface area (Å²) in [4.78, 5) is 29.5. The fraction of sp³-hybridized carbons (Fsp3) is 0.375. The van der Waals surface area contributed by atoms with Gasteiger partial charge in [-0.05, 0) is 62.4 Å². The lowest BCUT2D eigenvalue weighted by Crippen LogP contribution is -2.54. The van der Waals surface area contributed by atoms with Gasteiger partial charge in [0.2, 0.25) is 21.8 Å². The molecule has 40 heavy (non-hydrogen) atoms. The van der Waals surface area contributed by atoms with Crippen LogP contribution >= 0.6 is 0 Å². The van der Waals surface area contributed by atoms with Crippen molar-refractivity contribution in [3.05, 3.63) is 101 Å². The van der Waals surface area contributed by atoms with E-state index in [1.54, 1.807) is 6.07 Å². The van der Waals surface area contributed by atoms with E-state index in [4.69, 9.17) is 0 Å². The number of carbonyl (C=O) groups excluding carboxylic acids is 2. The van der Waals surface area contributed by atoms with Gasteiger partial charge in [0.15, 0.2) is 0 Å². The van der Waals surface area contributed by atoms with Crippen LogP contribution < -0.4 is 9.62 Å². The van der Waals surface area contributed by atoms with Gasteiger partial charge >= 0.3 is 0 Å². The third-order valence-electron chi connectivity index (χ3n) is 7.02. The number of anilines is 1. The number of hydrogen-bond acceptors (Lipinski definition) is 4. The molecule has 0 unspecified atom stereocenters. The zero-order valence-electron chi connectivity index (χ0n) is 24.3. The second-order valence-corrected chi connectivity index (χ2v) is 12.5. The SMILES string of the molecule is CC[C@H](C)NC(=O)[C@H](Cc1ccccc1)N(Cc1cccc(C)c1)C(=O)CN(c1cc(C)ccc1C)S(C)(=O)=O. The number of sulfonamides is 1. The van der Waals surface area contributed by atoms with Crippen LogP contribution in [0.1, 0.15) is 48.1 Å². The molecule has 0 bridgehead atoms. The number of hydrogen-bond donors (Lipinski definition) is 1. The summed E-state index contributed by atoms with van der Waals surface area (Å²) in [7, 11) is -3.81. The van der Waals surface area contributed by atoms with Crippen molar-refractivity contribution >= 4 is 27.5 Å². The molecule has 3 aromatic carbocycles. The first-order valence-corrected chi connectivity index (χ1v) is 15.5. The second-order valence-electron chi connectivity index (χ2n) is 10.6. The summed E-state index contributed by atoms with van der Waals surface area (Å²) in [5.41, 5.74) is 4.87. The van der Waals surface area contributed by atoms with E-state index < -0.39 is 28.5 Å². The van der Waals surface area contributed by atoms with Crippen molar-refractivity contribution in [3.8, 4) is 0 Å². The number of carbonyl (C=O) groups is 2. The van der Waals surface area contributed by atoms with Crippen molar-refractivity contribution in [1.29, 1.82) is 0 Å². The highest BCUT2D eigenvalue weighted by molar-refractivity contribution is 7.92. The molecule has 214 valence electrons. The minimum absolute atomic E-state index is 0.0795. The van der Waals surface area contributed by atoms with Crippen LogP contribution in [0.3, 0.4) is 0 Å². The van der Waals surface area contributed by atoms with Gasteiger partial charge in [-0.2, -0.15) is 0 Å². The van der Waals surface area contributed by atoms with Crippen molar-refractivity contribution < 1.29 is 18.0 Å². The van der Waals surface area contributed by atoms with E-state index in [0.29, 0.717) is 12.1 Å². The van der Waals surface area contributed by atoms with Gasteiger partial charge < -0.3 is 10.2 Å². The standard InChI is InChI=1S/C32H41N3O4S/c1-7-26(5)33-32(37)30(20-27-13-9-8-10-14-27)34(21-28-15-11-12-23(2)18-28)31(36)22-35(40(6,38)39)29-19-24(3)16-17-25(29)4/h8-19,26,30H,7,20-22H2,1-6H3,(H,33,37)/t26-,30-/m0/s1. The van der Waals surface area contributed by atoms with Crippen LogP contribution in [0.15, 0.2) is 72.8 Å². The number of benzene rings is 3. The molecule has 8 heteroatoms. The van der Waals surface area contributed by atoms with Crippen molar-refractivity contribution in [2.75, 3.05) is 17.1 Å². The van der Waals surface area contributed by atoms with Crippen LogP contribution in [-0.4, -0.2) is 50.0 Å². The zero-order chi connectivity index (χ0) is 29.4. The van der Waals surface area contributed by atoms with Gasteiger partial charge in [-0.3, -0.25) is 13.9 Å². The van der Waals surface area contributed by atoms with Gasteiger partial charge in [-0.15, -0.1) is 0 Å². The Hall–Kier alpha value is -3.65. The molecule has 1 N–H and O–H groups in total. The Bertz CT molecular complexity index is 1420. The molecule has 3 aromatic rings. The van der Waals surface area contributed by atoms with Gasteiger partial charge in [-0.25, -0.2) is 8.42 Å². The second kappa shape index (κ2) is 13.6. The number of rotatable bonds is 12. The van der Waals surface area contributed by atoms with E-state index in [1.165, 1.54) is 4.90 Å². The topological polar surface area (TPSA) is 86.8 Å². The molecule has 0 spiro atoms. The molecule has 0 saturated heterocycles. The number of amides is 2. The summed E-state index contributed by atoms with van der Waals surface area (Å²) in [6, 6.07) is 21.9. The van der Waals surface area contributed by atoms with E-state index in [9.17, 15) is 18.0 Å². The lowest BCUT2D eigenvalue weighted by molar-refractivity contribution is -0.140. The highest BCUT2D eigenvalue weighted by Gasteiger charge is 2.33. The Labute approximate surface area is 239 Å². The molecule has 0 heterocycles. The maximum absolute atomic E-state index is 14.2. The first-order valence-electron chi connectivity index (χ1n) is 13.6. The summed E-state index contributed by atoms with van der Waals surface area (Å²) >= 11 is 0. The van der Waals surface area contributed by atoms with Gasteiger partial charge in [0.25, 0.3) is 0 Å². The van der Waals surface area contributed by atoms with Crippen molar-refractivity contribution in [2.45, 2.75) is 66.1 Å². The van der Waals surface area contributed by atoms with E-state index in [-0.39, 0.29) is 18.5 Å². The average molecular weight is 564 g/mol. The van der Waals surface area contributed by atoms with Crippen LogP contribution in [0, 0.1) is 20.8 Å². The van der Waals surface area contributed by atoms with E-state index in [2.05, 4.69) is 5.32 Å². The maximum atomic E-state index is 14.2. The molecule has 3 rings (SSSR count). The molecule has 0 aliphatic rings. The summed E-state index contributed by atoms with van der Waals surface area (Å²) in [6.07, 6.45) is 2.14. The monoisotopic (exact) mass is 563 g/mol. The molecule has 0 aliphatic heterocycles. The third-order valence-corrected chi connectivity index (χ3v) is 8.15. The van der Waals surface area contributed by atoms with Gasteiger partial charge in [0.1, 0.15) is 12.6 Å². The molecule has 0 aromatic heterocycles. The zero-order valence-corrected chi connectivity index (χ0v) is 25.2. The molecule has 0 aliphatic carbocycles. The van der Waals surface area contributed by atoms with Crippen LogP contribution in [0.2, 0.25) is 0 Å². The number of aryl methyl sites for hydroxylation is 3. The largest absolute Gasteiger partial charge is 0.352 e. The summed E-state index contributed by atoms with van der Waals surface area (Å²) in [6.45, 7) is 9.33. The fourth-order valence-corrected chi connectivity index (χ4v) is 5.48. The quantitative estimate of drug-likeness (QED) is 0.339. The van der Waals surface area contributed by atoms with E-state index in [0.717, 1.165) is 44.8 Å². The lowest BCUT2D eigenvalue weighted by Gasteiger charge is -2.34. The van der Waals surface area contributed by atoms with Crippen LogP contribution in [-0.2, 0) is 32.6 Å². The van der Waals surface area contributed by atoms with Crippen LogP contribution in [0.5, 0.6) is 0 Å². The van der Waals surface area contributed by atoms with E-state index >= 15 is 0 Å². The number of nitrogens with one attached hydrogen (secondary N) is 1. The first-order chi connectivity index (χ1) is 18.9. The molecule has 0 fully saturated rings. The van der Waals surface area contributed by atoms with Crippen LogP contribution in [0.25, 0.3) is 0 Å². The third kappa shape index (κ3) is 8.42. The van der Waals surface area contributed by atoms with Gasteiger partial charge in [-0.1, -0.05) is 79.2 Å². The molecule has 2 amide bonds. The Morgan fingerprint density at radius 1 is 0.875 bits per heavy atom. The highest BCUT2D eigenvalue weighted by atomic mass is 32.2. The molecular formula is C32H41N3O4S. The minimum Gasteiger partial charge on any atom is -0.352 e. The maximum Gasteiger partial charge on any atom is 0.244 e. The van der Waals surface area contributed by atoms with Crippen molar-refractivity contribution in [2.24, 2.45) is 0 Å². The first kappa shape index (κ1) is 30.9. The normalized spacial score (nSPS) is 12.8. The Morgan fingerprint density at radius 3 is 2.15 bits per heavy atom. The van der Waals surface area contributed by atoms with Gasteiger partial charge in [0.05, 0.1) is 11.9 Å². The molecular weight excluding hydrogens is 522 g/mol. The molecule has 7 nitrogen and oxygen atoms in total. The lowest BCUT2D eigenvalue weighted by atomic mass is 10.0. The van der Waals surface area contributed by atoms with Crippen molar-refractivity contribution in [3.63, 3.8) is 0 Å². The van der Waals surface area contributed by atoms with Crippen molar-refractivity contribution in [1.82, 2.24) is 10.2 Å². The fourth-order valence-electron chi connectivity index (χ4n) is 4.59. The smallest absolute Gasteiger partial charge is 0.244 e. The Balaban J connectivity index is 2.09. The molecule has 2 atom stereocenters. The summed E-state index contributed by atoms with van der Waals surface area (Å²) in [5, 5.41) is 3.05. The Morgan fingerprint density at radius 2 is 1.52 bits per heavy atom. The summed E-state index contributed by atoms with van der Waals surface area (Å²) in [5.74, 6) is -0.718. The minimum atomic E-state index is -3.81. The molecule has 0 saturated carbocycles. The highest BCUT2D eigenvalue weighted by Crippen LogP contribution is 2.25. The Kier molecular flexibility index (Phi) is 10.5. The van der Waals surface area contributed by atoms with Crippen LogP contribution in [0.4, 0.5) is 5.69 Å².